The number of ether oxygens (including phenoxy) is 1. The van der Waals surface area contributed by atoms with Crippen molar-refractivity contribution in [2.75, 3.05) is 13.6 Å². The second-order valence-electron chi connectivity index (χ2n) is 10.1. The van der Waals surface area contributed by atoms with Crippen LogP contribution in [0.1, 0.15) is 68.2 Å². The van der Waals surface area contributed by atoms with Gasteiger partial charge in [0.25, 0.3) is 0 Å². The zero-order chi connectivity index (χ0) is 23.6. The zero-order valence-corrected chi connectivity index (χ0v) is 20.2. The predicted octanol–water partition coefficient (Wildman–Crippen LogP) is 2.01. The fraction of sp³-hybridized carbons (Fsp3) is 0.913. The third kappa shape index (κ3) is 5.81. The molecule has 0 radical (unpaired) electrons. The summed E-state index contributed by atoms with van der Waals surface area (Å²) >= 11 is 0. The summed E-state index contributed by atoms with van der Waals surface area (Å²) in [6, 6.07) is -0.416. The van der Waals surface area contributed by atoms with Gasteiger partial charge >= 0.3 is 5.97 Å². The average molecular weight is 430 g/mol. The van der Waals surface area contributed by atoms with Gasteiger partial charge in [-0.05, 0) is 59.4 Å². The van der Waals surface area contributed by atoms with E-state index >= 15 is 0 Å². The van der Waals surface area contributed by atoms with Gasteiger partial charge in [0.1, 0.15) is 29.5 Å². The van der Waals surface area contributed by atoms with Gasteiger partial charge in [0.2, 0.25) is 0 Å². The molecule has 1 fully saturated rings. The molecule has 1 aliphatic rings. The summed E-state index contributed by atoms with van der Waals surface area (Å²) in [4.78, 5) is 27.6. The van der Waals surface area contributed by atoms with Gasteiger partial charge < -0.3 is 25.0 Å². The molecule has 0 amide bonds. The molecular weight excluding hydrogens is 386 g/mol. The van der Waals surface area contributed by atoms with E-state index in [2.05, 4.69) is 0 Å². The van der Waals surface area contributed by atoms with Gasteiger partial charge in [0.15, 0.2) is 0 Å². The monoisotopic (exact) mass is 429 g/mol. The fourth-order valence-corrected chi connectivity index (χ4v) is 4.69. The summed E-state index contributed by atoms with van der Waals surface area (Å²) in [6.07, 6.45) is -1.37. The Morgan fingerprint density at radius 2 is 1.63 bits per heavy atom. The highest BCUT2D eigenvalue weighted by atomic mass is 16.6. The van der Waals surface area contributed by atoms with Crippen molar-refractivity contribution in [1.82, 2.24) is 4.90 Å². The Labute approximate surface area is 181 Å². The van der Waals surface area contributed by atoms with Crippen LogP contribution in [-0.4, -0.2) is 75.0 Å². The van der Waals surface area contributed by atoms with Crippen LogP contribution < -0.4 is 0 Å². The Morgan fingerprint density at radius 3 is 2.13 bits per heavy atom. The highest BCUT2D eigenvalue weighted by Gasteiger charge is 2.46. The second kappa shape index (κ2) is 10.1. The molecule has 0 aromatic heterocycles. The number of carbonyl (C=O) groups excluding carboxylic acids is 2. The van der Waals surface area contributed by atoms with Crippen molar-refractivity contribution in [2.45, 2.75) is 97.7 Å². The first-order valence-electron chi connectivity index (χ1n) is 11.1. The van der Waals surface area contributed by atoms with Crippen LogP contribution in [0.3, 0.4) is 0 Å². The van der Waals surface area contributed by atoms with E-state index in [0.717, 1.165) is 0 Å². The molecule has 0 saturated carbocycles. The van der Waals surface area contributed by atoms with Crippen LogP contribution in [0.25, 0.3) is 0 Å². The number of ketones is 1. The van der Waals surface area contributed by atoms with Crippen LogP contribution in [0.5, 0.6) is 0 Å². The first-order chi connectivity index (χ1) is 13.6. The van der Waals surface area contributed by atoms with Crippen molar-refractivity contribution in [3.05, 3.63) is 0 Å². The van der Waals surface area contributed by atoms with Crippen LogP contribution in [0.15, 0.2) is 0 Å². The maximum atomic E-state index is 13.0. The van der Waals surface area contributed by atoms with Crippen LogP contribution in [0.2, 0.25) is 0 Å². The zero-order valence-electron chi connectivity index (χ0n) is 20.2. The molecular formula is C23H43NO6. The van der Waals surface area contributed by atoms with E-state index in [9.17, 15) is 24.9 Å². The van der Waals surface area contributed by atoms with Gasteiger partial charge in [-0.25, -0.2) is 0 Å². The number of likely N-dealkylation sites (N-methyl/N-ethyl adjacent to an activating group) is 1. The smallest absolute Gasteiger partial charge is 0.316 e. The SMILES string of the molecule is CC[C@H]1OC(=O)[C@H](C)C(=O)[C@H](C)[C@@H](C)[C@](C)(O)C[C@@H](C)CN(C)[C@H](C)C(O)[C@]1(C)O. The number of hydrogen-bond acceptors (Lipinski definition) is 7. The maximum Gasteiger partial charge on any atom is 0.316 e. The molecule has 1 heterocycles. The number of hydrogen-bond donors (Lipinski definition) is 3. The molecule has 30 heavy (non-hydrogen) atoms. The van der Waals surface area contributed by atoms with Crippen molar-refractivity contribution in [1.29, 1.82) is 0 Å². The van der Waals surface area contributed by atoms with Gasteiger partial charge in [0, 0.05) is 18.5 Å². The first-order valence-corrected chi connectivity index (χ1v) is 11.1. The molecule has 176 valence electrons. The minimum atomic E-state index is -1.69. The van der Waals surface area contributed by atoms with Crippen molar-refractivity contribution in [3.8, 4) is 0 Å². The van der Waals surface area contributed by atoms with Gasteiger partial charge in [-0.1, -0.05) is 27.7 Å². The van der Waals surface area contributed by atoms with E-state index in [1.54, 1.807) is 20.8 Å². The number of Topliss-reactive ketones (excluding diaryl/α,β-unsaturated/α-hetero) is 1. The number of rotatable bonds is 1. The molecule has 1 rings (SSSR count). The quantitative estimate of drug-likeness (QED) is 0.432. The Balaban J connectivity index is 3.38. The molecule has 0 aliphatic carbocycles. The summed E-state index contributed by atoms with van der Waals surface area (Å²) in [5, 5.41) is 33.1. The summed E-state index contributed by atoms with van der Waals surface area (Å²) < 4.78 is 5.53. The second-order valence-corrected chi connectivity index (χ2v) is 10.1. The Kier molecular flexibility index (Phi) is 9.07. The Bertz CT molecular complexity index is 605. The molecule has 7 heteroatoms. The van der Waals surface area contributed by atoms with E-state index in [1.807, 2.05) is 32.7 Å². The lowest BCUT2D eigenvalue weighted by molar-refractivity contribution is -0.189. The molecule has 1 unspecified atom stereocenters. The van der Waals surface area contributed by atoms with E-state index in [4.69, 9.17) is 4.74 Å². The highest BCUT2D eigenvalue weighted by molar-refractivity contribution is 5.99. The largest absolute Gasteiger partial charge is 0.459 e. The van der Waals surface area contributed by atoms with Gasteiger partial charge in [-0.3, -0.25) is 9.59 Å². The number of carbonyl (C=O) groups is 2. The molecule has 0 aromatic carbocycles. The number of cyclic esters (lactones) is 1. The number of esters is 1. The van der Waals surface area contributed by atoms with Crippen LogP contribution in [-0.2, 0) is 14.3 Å². The summed E-state index contributed by atoms with van der Waals surface area (Å²) in [6.45, 7) is 14.4. The normalized spacial score (nSPS) is 46.1. The van der Waals surface area contributed by atoms with Gasteiger partial charge in [0.05, 0.1) is 5.60 Å². The predicted molar refractivity (Wildman–Crippen MR) is 116 cm³/mol. The fourth-order valence-electron chi connectivity index (χ4n) is 4.69. The standard InChI is InChI=1S/C23H43NO6/c1-10-18-23(8,29)20(26)17(6)24(9)12-13(2)11-22(7,28)16(5)14(3)19(25)15(4)21(27)30-18/h13-18,20,26,28-29H,10-12H2,1-9H3/t13-,14-,15-,16-,17-,18-,20?,22-,23-/m1/s1. The molecule has 9 atom stereocenters. The Morgan fingerprint density at radius 1 is 1.10 bits per heavy atom. The summed E-state index contributed by atoms with van der Waals surface area (Å²) in [5.41, 5.74) is -2.78. The molecule has 1 saturated heterocycles. The minimum absolute atomic E-state index is 0.0803. The Hall–Kier alpha value is -1.02. The number of aliphatic hydroxyl groups is 3. The third-order valence-electron chi connectivity index (χ3n) is 7.35. The van der Waals surface area contributed by atoms with E-state index in [0.29, 0.717) is 19.4 Å². The van der Waals surface area contributed by atoms with Crippen LogP contribution in [0.4, 0.5) is 0 Å². The first kappa shape index (κ1) is 27.0. The van der Waals surface area contributed by atoms with Crippen LogP contribution >= 0.6 is 0 Å². The number of aliphatic hydroxyl groups excluding tert-OH is 1. The lowest BCUT2D eigenvalue weighted by atomic mass is 9.73. The van der Waals surface area contributed by atoms with E-state index in [-0.39, 0.29) is 17.6 Å². The molecule has 0 spiro atoms. The maximum absolute atomic E-state index is 13.0. The van der Waals surface area contributed by atoms with Crippen molar-refractivity contribution in [2.24, 2.45) is 23.7 Å². The molecule has 1 aliphatic heterocycles. The van der Waals surface area contributed by atoms with Gasteiger partial charge in [-0.2, -0.15) is 0 Å². The van der Waals surface area contributed by atoms with E-state index in [1.165, 1.54) is 13.8 Å². The topological polar surface area (TPSA) is 107 Å². The number of nitrogens with zero attached hydrogens (tertiary/aromatic N) is 1. The van der Waals surface area contributed by atoms with Crippen molar-refractivity contribution in [3.63, 3.8) is 0 Å². The molecule has 0 bridgehead atoms. The van der Waals surface area contributed by atoms with Crippen LogP contribution in [0, 0.1) is 23.7 Å². The average Bonchev–Trinajstić information content (AvgIpc) is 2.66. The van der Waals surface area contributed by atoms with E-state index < -0.39 is 47.3 Å². The summed E-state index contributed by atoms with van der Waals surface area (Å²) in [5.74, 6) is -2.85. The third-order valence-corrected chi connectivity index (χ3v) is 7.35. The minimum Gasteiger partial charge on any atom is -0.459 e. The molecule has 3 N–H and O–H groups in total. The highest BCUT2D eigenvalue weighted by Crippen LogP contribution is 2.34. The lowest BCUT2D eigenvalue weighted by Crippen LogP contribution is -2.59. The summed E-state index contributed by atoms with van der Waals surface area (Å²) in [7, 11) is 1.86. The molecule has 7 nitrogen and oxygen atoms in total. The van der Waals surface area contributed by atoms with Crippen molar-refractivity contribution < 1.29 is 29.6 Å². The van der Waals surface area contributed by atoms with Gasteiger partial charge in [-0.15, -0.1) is 0 Å². The van der Waals surface area contributed by atoms with Crippen molar-refractivity contribution >= 4 is 11.8 Å². The molecule has 0 aromatic rings. The lowest BCUT2D eigenvalue weighted by Gasteiger charge is -2.42.